The van der Waals surface area contributed by atoms with Crippen LogP contribution in [0.15, 0.2) is 61.3 Å². The molecule has 2 fully saturated rings. The first kappa shape index (κ1) is 22.0. The van der Waals surface area contributed by atoms with Crippen molar-refractivity contribution in [1.82, 2.24) is 29.3 Å². The lowest BCUT2D eigenvalue weighted by Crippen LogP contribution is -2.57. The van der Waals surface area contributed by atoms with Crippen molar-refractivity contribution in [2.45, 2.75) is 25.3 Å². The molecule has 180 valence electrons. The minimum absolute atomic E-state index is 0.0575. The molecule has 0 bridgehead atoms. The first-order chi connectivity index (χ1) is 17.4. The Morgan fingerprint density at radius 3 is 2.56 bits per heavy atom. The van der Waals surface area contributed by atoms with Crippen LogP contribution in [-0.2, 0) is 11.8 Å². The lowest BCUT2D eigenvalue weighted by molar-refractivity contribution is -0.130. The molecule has 4 aromatic rings. The monoisotopic (exact) mass is 478 g/mol. The van der Waals surface area contributed by atoms with Gasteiger partial charge in [0, 0.05) is 73.1 Å². The first-order valence-electron chi connectivity index (χ1n) is 12.0. The van der Waals surface area contributed by atoms with E-state index < -0.39 is 0 Å². The van der Waals surface area contributed by atoms with Gasteiger partial charge in [-0.2, -0.15) is 15.5 Å². The quantitative estimate of drug-likeness (QED) is 0.417. The van der Waals surface area contributed by atoms with Crippen LogP contribution in [0.2, 0.25) is 0 Å². The van der Waals surface area contributed by atoms with Crippen molar-refractivity contribution in [2.24, 2.45) is 7.05 Å². The maximum absolute atomic E-state index is 12.6. The van der Waals surface area contributed by atoms with Gasteiger partial charge in [0.2, 0.25) is 5.91 Å². The van der Waals surface area contributed by atoms with Crippen molar-refractivity contribution in [3.63, 3.8) is 0 Å². The van der Waals surface area contributed by atoms with Crippen molar-refractivity contribution in [2.75, 3.05) is 24.5 Å². The molecule has 5 heterocycles. The molecule has 1 spiro atoms. The number of hydrogen-bond acceptors (Lipinski definition) is 6. The average molecular weight is 479 g/mol. The van der Waals surface area contributed by atoms with E-state index in [1.807, 2.05) is 48.9 Å². The van der Waals surface area contributed by atoms with E-state index in [1.54, 1.807) is 22.3 Å². The maximum atomic E-state index is 12.6. The Morgan fingerprint density at radius 2 is 1.92 bits per heavy atom. The maximum Gasteiger partial charge on any atom is 0.249 e. The largest absolute Gasteiger partial charge is 0.352 e. The van der Waals surface area contributed by atoms with Gasteiger partial charge in [0.25, 0.3) is 0 Å². The van der Waals surface area contributed by atoms with Crippen molar-refractivity contribution in [1.29, 1.82) is 5.26 Å². The Balaban J connectivity index is 1.33. The number of nitriles is 1. The zero-order valence-corrected chi connectivity index (χ0v) is 20.3. The molecule has 6 rings (SSSR count). The number of hydrogen-bond donors (Lipinski definition) is 0. The highest BCUT2D eigenvalue weighted by Gasteiger charge is 2.53. The van der Waals surface area contributed by atoms with E-state index in [0.717, 1.165) is 59.5 Å². The van der Waals surface area contributed by atoms with Crippen LogP contribution >= 0.6 is 0 Å². The van der Waals surface area contributed by atoms with Gasteiger partial charge >= 0.3 is 0 Å². The van der Waals surface area contributed by atoms with Gasteiger partial charge in [-0.25, -0.2) is 9.50 Å². The molecule has 1 saturated carbocycles. The standard InChI is InChI=1S/C27H26N8O/c1-18(2)26(36)34-9-8-33(17-27(34)6-7-27)24-5-4-19(12-29-24)23-10-20(22-14-30-32(3)15-22)16-35-25(23)21(11-28)13-31-35/h4-5,10,12-16H,1,6-9,17H2,2-3H3. The number of piperazine rings is 1. The zero-order valence-electron chi connectivity index (χ0n) is 20.3. The third kappa shape index (κ3) is 3.53. The van der Waals surface area contributed by atoms with Crippen LogP contribution in [0, 0.1) is 11.3 Å². The molecular formula is C27H26N8O. The smallest absolute Gasteiger partial charge is 0.249 e. The number of carbonyl (C=O) groups is 1. The molecule has 0 atom stereocenters. The molecule has 1 amide bonds. The number of pyridine rings is 2. The molecule has 1 saturated heterocycles. The van der Waals surface area contributed by atoms with E-state index in [0.29, 0.717) is 17.7 Å². The summed E-state index contributed by atoms with van der Waals surface area (Å²) in [5, 5.41) is 18.4. The summed E-state index contributed by atoms with van der Waals surface area (Å²) in [4.78, 5) is 21.7. The second-order valence-corrected chi connectivity index (χ2v) is 9.80. The number of carbonyl (C=O) groups excluding carboxylic acids is 1. The van der Waals surface area contributed by atoms with Gasteiger partial charge in [0.1, 0.15) is 11.9 Å². The van der Waals surface area contributed by atoms with Gasteiger partial charge in [-0.15, -0.1) is 0 Å². The van der Waals surface area contributed by atoms with Gasteiger partial charge < -0.3 is 9.80 Å². The Kier molecular flexibility index (Phi) is 4.93. The summed E-state index contributed by atoms with van der Waals surface area (Å²) in [7, 11) is 1.88. The predicted molar refractivity (Wildman–Crippen MR) is 136 cm³/mol. The first-order valence-corrected chi connectivity index (χ1v) is 12.0. The topological polar surface area (TPSA) is 95.4 Å². The lowest BCUT2D eigenvalue weighted by atomic mass is 10.0. The van der Waals surface area contributed by atoms with Crippen LogP contribution in [0.25, 0.3) is 27.8 Å². The molecular weight excluding hydrogens is 452 g/mol. The number of fused-ring (bicyclic) bond motifs is 1. The van der Waals surface area contributed by atoms with E-state index >= 15 is 0 Å². The van der Waals surface area contributed by atoms with Gasteiger partial charge in [-0.1, -0.05) is 6.58 Å². The molecule has 0 N–H and O–H groups in total. The van der Waals surface area contributed by atoms with E-state index in [1.165, 1.54) is 0 Å². The van der Waals surface area contributed by atoms with Gasteiger partial charge in [-0.05, 0) is 38.0 Å². The molecule has 1 aliphatic carbocycles. The van der Waals surface area contributed by atoms with Crippen LogP contribution in [0.5, 0.6) is 0 Å². The van der Waals surface area contributed by atoms with Crippen molar-refractivity contribution >= 4 is 17.2 Å². The van der Waals surface area contributed by atoms with Gasteiger partial charge in [-0.3, -0.25) is 9.48 Å². The van der Waals surface area contributed by atoms with Crippen molar-refractivity contribution in [3.05, 3.63) is 66.9 Å². The van der Waals surface area contributed by atoms with Crippen LogP contribution in [0.1, 0.15) is 25.3 Å². The summed E-state index contributed by atoms with van der Waals surface area (Å²) in [5.41, 5.74) is 5.48. The fourth-order valence-electron chi connectivity index (χ4n) is 5.18. The summed E-state index contributed by atoms with van der Waals surface area (Å²) in [6.07, 6.45) is 11.2. The Labute approximate surface area is 208 Å². The Morgan fingerprint density at radius 1 is 1.08 bits per heavy atom. The summed E-state index contributed by atoms with van der Waals surface area (Å²) in [5.74, 6) is 0.947. The third-order valence-corrected chi connectivity index (χ3v) is 7.24. The van der Waals surface area contributed by atoms with Crippen molar-refractivity contribution < 1.29 is 4.79 Å². The highest BCUT2D eigenvalue weighted by atomic mass is 16.2. The van der Waals surface area contributed by atoms with Crippen LogP contribution < -0.4 is 4.90 Å². The minimum Gasteiger partial charge on any atom is -0.352 e. The van der Waals surface area contributed by atoms with Crippen molar-refractivity contribution in [3.8, 4) is 28.3 Å². The highest BCUT2D eigenvalue weighted by molar-refractivity contribution is 5.93. The average Bonchev–Trinajstić information content (AvgIpc) is 3.30. The minimum atomic E-state index is -0.0991. The fourth-order valence-corrected chi connectivity index (χ4v) is 5.18. The predicted octanol–water partition coefficient (Wildman–Crippen LogP) is 3.43. The summed E-state index contributed by atoms with van der Waals surface area (Å²) in [6.45, 7) is 7.81. The Bertz CT molecular complexity index is 1550. The SMILES string of the molecule is C=C(C)C(=O)N1CCN(c2ccc(-c3cc(-c4cnn(C)c4)cn4ncc(C#N)c34)cn2)CC12CC2. The zero-order chi connectivity index (χ0) is 25.0. The highest BCUT2D eigenvalue weighted by Crippen LogP contribution is 2.45. The van der Waals surface area contributed by atoms with Crippen LogP contribution in [0.3, 0.4) is 0 Å². The number of anilines is 1. The molecule has 9 heteroatoms. The third-order valence-electron chi connectivity index (χ3n) is 7.24. The summed E-state index contributed by atoms with van der Waals surface area (Å²) in [6, 6.07) is 8.39. The number of rotatable bonds is 4. The second kappa shape index (κ2) is 8.05. The molecule has 9 nitrogen and oxygen atoms in total. The second-order valence-electron chi connectivity index (χ2n) is 9.80. The summed E-state index contributed by atoms with van der Waals surface area (Å²) >= 11 is 0. The molecule has 0 aromatic carbocycles. The molecule has 0 radical (unpaired) electrons. The van der Waals surface area contributed by atoms with Crippen LogP contribution in [0.4, 0.5) is 5.82 Å². The summed E-state index contributed by atoms with van der Waals surface area (Å²) < 4.78 is 3.51. The normalized spacial score (nSPS) is 16.4. The number of aryl methyl sites for hydroxylation is 1. The van der Waals surface area contributed by atoms with Gasteiger partial charge in [0.15, 0.2) is 0 Å². The fraction of sp³-hybridized carbons (Fsp3) is 0.296. The molecule has 0 unspecified atom stereocenters. The number of nitrogens with zero attached hydrogens (tertiary/aromatic N) is 8. The van der Waals surface area contributed by atoms with E-state index in [2.05, 4.69) is 33.8 Å². The number of amides is 1. The van der Waals surface area contributed by atoms with E-state index in [9.17, 15) is 10.1 Å². The van der Waals surface area contributed by atoms with Crippen LogP contribution in [-0.4, -0.2) is 60.4 Å². The Hall–Kier alpha value is -4.45. The molecule has 36 heavy (non-hydrogen) atoms. The number of aromatic nitrogens is 5. The van der Waals surface area contributed by atoms with E-state index in [-0.39, 0.29) is 11.4 Å². The molecule has 1 aliphatic heterocycles. The van der Waals surface area contributed by atoms with E-state index in [4.69, 9.17) is 4.98 Å². The molecule has 2 aliphatic rings. The lowest BCUT2D eigenvalue weighted by Gasteiger charge is -2.42. The van der Waals surface area contributed by atoms with Gasteiger partial charge in [0.05, 0.1) is 29.0 Å². The molecule has 4 aromatic heterocycles.